The van der Waals surface area contributed by atoms with Gasteiger partial charge in [0.05, 0.1) is 0 Å². The first-order valence-corrected chi connectivity index (χ1v) is 7.45. The van der Waals surface area contributed by atoms with Crippen LogP contribution in [-0.2, 0) is 11.2 Å². The summed E-state index contributed by atoms with van der Waals surface area (Å²) in [6.45, 7) is 6.02. The van der Waals surface area contributed by atoms with E-state index in [9.17, 15) is 4.79 Å². The number of nitrogens with zero attached hydrogens (tertiary/aromatic N) is 4. The van der Waals surface area contributed by atoms with Crippen LogP contribution in [0.4, 0.5) is 0 Å². The fraction of sp³-hybridized carbons (Fsp3) is 0.733. The second-order valence-corrected chi connectivity index (χ2v) is 6.09. The van der Waals surface area contributed by atoms with Crippen LogP contribution in [0.1, 0.15) is 38.6 Å². The van der Waals surface area contributed by atoms with Crippen molar-refractivity contribution in [2.75, 3.05) is 27.2 Å². The Kier molecular flexibility index (Phi) is 6.68. The van der Waals surface area contributed by atoms with Crippen LogP contribution >= 0.6 is 12.4 Å². The maximum atomic E-state index is 12.3. The molecule has 1 aliphatic heterocycles. The minimum absolute atomic E-state index is 0. The lowest BCUT2D eigenvalue weighted by molar-refractivity contribution is -0.130. The summed E-state index contributed by atoms with van der Waals surface area (Å²) >= 11 is 0. The summed E-state index contributed by atoms with van der Waals surface area (Å²) in [6, 6.07) is 0.907. The van der Waals surface area contributed by atoms with Crippen molar-refractivity contribution in [3.05, 3.63) is 18.2 Å². The average molecular weight is 315 g/mol. The molecule has 6 heteroatoms. The smallest absolute Gasteiger partial charge is 0.223 e. The standard InChI is InChI=1S/C15H26N4O.ClH/c1-12(2)19-10-8-16-14(19)5-6-15(20)18-9-7-13(11-18)17(3)4;/h8,10,12-13H,5-7,9,11H2,1-4H3;1H. The molecule has 1 amide bonds. The number of imidazole rings is 1. The fourth-order valence-corrected chi connectivity index (χ4v) is 2.77. The summed E-state index contributed by atoms with van der Waals surface area (Å²) in [5, 5.41) is 0. The number of amides is 1. The lowest BCUT2D eigenvalue weighted by Gasteiger charge is -2.20. The number of likely N-dealkylation sites (N-methyl/N-ethyl adjacent to an activating group) is 1. The van der Waals surface area contributed by atoms with Crippen molar-refractivity contribution in [2.24, 2.45) is 0 Å². The van der Waals surface area contributed by atoms with Gasteiger partial charge in [0, 0.05) is 50.4 Å². The van der Waals surface area contributed by atoms with Crippen LogP contribution in [0.5, 0.6) is 0 Å². The number of carbonyl (C=O) groups is 1. The molecule has 0 saturated carbocycles. The summed E-state index contributed by atoms with van der Waals surface area (Å²) in [7, 11) is 4.16. The quantitative estimate of drug-likeness (QED) is 0.834. The predicted octanol–water partition coefficient (Wildman–Crippen LogP) is 1.98. The molecule has 1 saturated heterocycles. The van der Waals surface area contributed by atoms with Crippen molar-refractivity contribution >= 4 is 18.3 Å². The predicted molar refractivity (Wildman–Crippen MR) is 86.9 cm³/mol. The molecule has 1 aromatic heterocycles. The molecule has 0 radical (unpaired) electrons. The number of aryl methyl sites for hydroxylation is 1. The minimum atomic E-state index is 0. The lowest BCUT2D eigenvalue weighted by atomic mass is 10.2. The largest absolute Gasteiger partial charge is 0.341 e. The van der Waals surface area contributed by atoms with E-state index in [1.54, 1.807) is 0 Å². The molecule has 0 bridgehead atoms. The Morgan fingerprint density at radius 3 is 2.76 bits per heavy atom. The second-order valence-electron chi connectivity index (χ2n) is 6.09. The van der Waals surface area contributed by atoms with E-state index in [1.165, 1.54) is 0 Å². The Morgan fingerprint density at radius 1 is 1.48 bits per heavy atom. The molecular weight excluding hydrogens is 288 g/mol. The van der Waals surface area contributed by atoms with Gasteiger partial charge < -0.3 is 14.4 Å². The lowest BCUT2D eigenvalue weighted by Crippen LogP contribution is -2.34. The molecule has 0 N–H and O–H groups in total. The summed E-state index contributed by atoms with van der Waals surface area (Å²) in [5.74, 6) is 1.27. The van der Waals surface area contributed by atoms with E-state index in [2.05, 4.69) is 42.4 Å². The molecule has 2 rings (SSSR count). The van der Waals surface area contributed by atoms with Crippen LogP contribution < -0.4 is 0 Å². The Balaban J connectivity index is 0.00000220. The zero-order chi connectivity index (χ0) is 14.7. The van der Waals surface area contributed by atoms with E-state index in [0.717, 1.165) is 31.8 Å². The normalized spacial score (nSPS) is 18.4. The number of rotatable bonds is 5. The van der Waals surface area contributed by atoms with Crippen LogP contribution in [-0.4, -0.2) is 58.5 Å². The minimum Gasteiger partial charge on any atom is -0.341 e. The Hall–Kier alpha value is -1.07. The topological polar surface area (TPSA) is 41.4 Å². The Morgan fingerprint density at radius 2 is 2.19 bits per heavy atom. The van der Waals surface area contributed by atoms with Gasteiger partial charge in [0.1, 0.15) is 5.82 Å². The van der Waals surface area contributed by atoms with Gasteiger partial charge in [-0.2, -0.15) is 0 Å². The number of halogens is 1. The third-order valence-electron chi connectivity index (χ3n) is 4.11. The third-order valence-corrected chi connectivity index (χ3v) is 4.11. The molecule has 21 heavy (non-hydrogen) atoms. The SMILES string of the molecule is CC(C)n1ccnc1CCC(=O)N1CCC(N(C)C)C1.Cl. The van der Waals surface area contributed by atoms with Gasteiger partial charge in [-0.3, -0.25) is 4.79 Å². The molecule has 120 valence electrons. The fourth-order valence-electron chi connectivity index (χ4n) is 2.77. The van der Waals surface area contributed by atoms with E-state index < -0.39 is 0 Å². The molecule has 2 heterocycles. The first-order chi connectivity index (χ1) is 9.49. The van der Waals surface area contributed by atoms with Gasteiger partial charge in [-0.25, -0.2) is 4.98 Å². The number of hydrogen-bond acceptors (Lipinski definition) is 3. The zero-order valence-corrected chi connectivity index (χ0v) is 14.3. The Bertz CT molecular complexity index is 458. The molecule has 0 spiro atoms. The van der Waals surface area contributed by atoms with Crippen LogP contribution in [0.2, 0.25) is 0 Å². The average Bonchev–Trinajstić information content (AvgIpc) is 3.04. The van der Waals surface area contributed by atoms with Crippen molar-refractivity contribution in [2.45, 2.75) is 45.2 Å². The van der Waals surface area contributed by atoms with Crippen LogP contribution in [0.25, 0.3) is 0 Å². The summed E-state index contributed by atoms with van der Waals surface area (Å²) in [5.41, 5.74) is 0. The number of carbonyl (C=O) groups excluding carboxylic acids is 1. The van der Waals surface area contributed by atoms with Crippen molar-refractivity contribution in [3.8, 4) is 0 Å². The number of likely N-dealkylation sites (tertiary alicyclic amines) is 1. The van der Waals surface area contributed by atoms with Crippen LogP contribution in [0.3, 0.4) is 0 Å². The summed E-state index contributed by atoms with van der Waals surface area (Å²) in [4.78, 5) is 20.8. The van der Waals surface area contributed by atoms with Crippen molar-refractivity contribution in [1.29, 1.82) is 0 Å². The van der Waals surface area contributed by atoms with E-state index in [0.29, 0.717) is 18.5 Å². The van der Waals surface area contributed by atoms with E-state index >= 15 is 0 Å². The highest BCUT2D eigenvalue weighted by Crippen LogP contribution is 2.16. The van der Waals surface area contributed by atoms with E-state index in [4.69, 9.17) is 0 Å². The molecule has 0 aliphatic carbocycles. The van der Waals surface area contributed by atoms with Gasteiger partial charge in [-0.1, -0.05) is 0 Å². The Labute approximate surface area is 133 Å². The first-order valence-electron chi connectivity index (χ1n) is 7.45. The second kappa shape index (κ2) is 7.80. The van der Waals surface area contributed by atoms with Gasteiger partial charge in [0.25, 0.3) is 0 Å². The third kappa shape index (κ3) is 4.45. The van der Waals surface area contributed by atoms with Crippen molar-refractivity contribution in [1.82, 2.24) is 19.4 Å². The maximum Gasteiger partial charge on any atom is 0.223 e. The van der Waals surface area contributed by atoms with Crippen molar-refractivity contribution in [3.63, 3.8) is 0 Å². The number of hydrogen-bond donors (Lipinski definition) is 0. The first kappa shape index (κ1) is 18.0. The molecular formula is C15H27ClN4O. The number of aromatic nitrogens is 2. The highest BCUT2D eigenvalue weighted by atomic mass is 35.5. The zero-order valence-electron chi connectivity index (χ0n) is 13.5. The van der Waals surface area contributed by atoms with E-state index in [-0.39, 0.29) is 18.3 Å². The van der Waals surface area contributed by atoms with Gasteiger partial charge in [0.15, 0.2) is 0 Å². The monoisotopic (exact) mass is 314 g/mol. The maximum absolute atomic E-state index is 12.3. The highest BCUT2D eigenvalue weighted by Gasteiger charge is 2.27. The van der Waals surface area contributed by atoms with Crippen LogP contribution in [0.15, 0.2) is 12.4 Å². The van der Waals surface area contributed by atoms with Gasteiger partial charge in [0.2, 0.25) is 5.91 Å². The molecule has 1 unspecified atom stereocenters. The summed E-state index contributed by atoms with van der Waals surface area (Å²) in [6.07, 6.45) is 6.18. The highest BCUT2D eigenvalue weighted by molar-refractivity contribution is 5.85. The van der Waals surface area contributed by atoms with Gasteiger partial charge >= 0.3 is 0 Å². The molecule has 1 atom stereocenters. The van der Waals surface area contributed by atoms with Gasteiger partial charge in [-0.05, 0) is 34.4 Å². The van der Waals surface area contributed by atoms with Crippen molar-refractivity contribution < 1.29 is 4.79 Å². The molecule has 1 fully saturated rings. The summed E-state index contributed by atoms with van der Waals surface area (Å²) < 4.78 is 2.14. The molecule has 5 nitrogen and oxygen atoms in total. The molecule has 1 aliphatic rings. The van der Waals surface area contributed by atoms with Gasteiger partial charge in [-0.15, -0.1) is 12.4 Å². The molecule has 1 aromatic rings. The molecule has 0 aromatic carbocycles. The van der Waals surface area contributed by atoms with Crippen LogP contribution in [0, 0.1) is 0 Å². The van der Waals surface area contributed by atoms with E-state index in [1.807, 2.05) is 17.3 Å².